The van der Waals surface area contributed by atoms with E-state index in [9.17, 15) is 28.7 Å². The third-order valence-corrected chi connectivity index (χ3v) is 12.4. The Bertz CT molecular complexity index is 2040. The van der Waals surface area contributed by atoms with Crippen LogP contribution in [0.5, 0.6) is 17.2 Å². The zero-order valence-electron chi connectivity index (χ0n) is 30.5. The second kappa shape index (κ2) is 17.5. The van der Waals surface area contributed by atoms with Gasteiger partial charge < -0.3 is 24.1 Å². The number of aromatic carboxylic acids is 1. The molecule has 1 saturated carbocycles. The Labute approximate surface area is 336 Å². The first-order chi connectivity index (χ1) is 27.0. The number of hydrogen-bond acceptors (Lipinski definition) is 10. The second-order valence-electron chi connectivity index (χ2n) is 14.4. The molecule has 3 saturated heterocycles. The van der Waals surface area contributed by atoms with E-state index in [1.165, 1.54) is 25.6 Å². The minimum absolute atomic E-state index is 0.0178. The standard InChI is InChI=1S/C40H41Cl2F2N3O8S/c1-52-32-5-3-2-4-26(32)36(39(50)54-35-20-46-12-10-23(35)11-13-46)45-17-25-15-28(37(56-25)38(48)49)27(16-29-30(41)18-47(51)19-31(29)42)24-8-9-33(55-40(43)44)34(14-24)53-21-22-6-7-22/h2-5,8-9,14-15,18-19,22-23,27,35-36,40,45H,6-7,10-13,16-17,20-21H2,1H3,(H-,48,49,51)/p+1/t27-,35-,36?/m0/s1. The maximum absolute atomic E-state index is 14.0. The average Bonchev–Trinajstić information content (AvgIpc) is 3.91. The number of fused-ring (bicyclic) bond motifs is 3. The highest BCUT2D eigenvalue weighted by Gasteiger charge is 2.38. The summed E-state index contributed by atoms with van der Waals surface area (Å²) in [6, 6.07) is 12.5. The number of hydrogen-bond donors (Lipinski definition) is 3. The average molecular weight is 834 g/mol. The van der Waals surface area contributed by atoms with Crippen LogP contribution in [-0.2, 0) is 22.5 Å². The molecule has 56 heavy (non-hydrogen) atoms. The lowest BCUT2D eigenvalue weighted by Crippen LogP contribution is -2.52. The van der Waals surface area contributed by atoms with E-state index < -0.39 is 30.5 Å². The molecule has 16 heteroatoms. The van der Waals surface area contributed by atoms with Crippen molar-refractivity contribution in [3.05, 3.63) is 103 Å². The molecule has 4 aliphatic rings. The molecule has 4 fully saturated rings. The Morgan fingerprint density at radius 1 is 1.00 bits per heavy atom. The maximum atomic E-state index is 14.0. The zero-order valence-corrected chi connectivity index (χ0v) is 32.8. The van der Waals surface area contributed by atoms with Crippen molar-refractivity contribution in [3.8, 4) is 17.2 Å². The number of carboxylic acid groups (broad SMARTS) is 1. The summed E-state index contributed by atoms with van der Waals surface area (Å²) in [7, 11) is 1.53. The molecule has 0 spiro atoms. The van der Waals surface area contributed by atoms with Gasteiger partial charge in [-0.25, -0.2) is 9.59 Å². The number of carbonyl (C=O) groups is 2. The number of carboxylic acids is 1. The van der Waals surface area contributed by atoms with E-state index in [0.29, 0.717) is 57.9 Å². The fourth-order valence-electron chi connectivity index (χ4n) is 7.55. The first-order valence-corrected chi connectivity index (χ1v) is 20.0. The Morgan fingerprint density at radius 3 is 2.38 bits per heavy atom. The summed E-state index contributed by atoms with van der Waals surface area (Å²) >= 11 is 14.2. The Hall–Kier alpha value is -4.21. The van der Waals surface area contributed by atoms with Gasteiger partial charge in [0, 0.05) is 39.7 Å². The van der Waals surface area contributed by atoms with E-state index in [4.69, 9.17) is 42.1 Å². The predicted octanol–water partition coefficient (Wildman–Crippen LogP) is 7.52. The minimum Gasteiger partial charge on any atom is -0.496 e. The Balaban J connectivity index is 1.23. The molecule has 0 amide bonds. The minimum atomic E-state index is -3.09. The summed E-state index contributed by atoms with van der Waals surface area (Å²) in [5.41, 5.74) is 1.92. The number of benzene rings is 2. The van der Waals surface area contributed by atoms with E-state index >= 15 is 0 Å². The Morgan fingerprint density at radius 2 is 1.73 bits per heavy atom. The lowest BCUT2D eigenvalue weighted by atomic mass is 9.85. The molecular weight excluding hydrogens is 791 g/mol. The summed E-state index contributed by atoms with van der Waals surface area (Å²) < 4.78 is 50.2. The molecule has 1 aliphatic carbocycles. The fourth-order valence-corrected chi connectivity index (χ4v) is 9.16. The Kier molecular flexibility index (Phi) is 12.5. The van der Waals surface area contributed by atoms with E-state index in [2.05, 4.69) is 10.2 Å². The number of para-hydroxylation sites is 1. The monoisotopic (exact) mass is 832 g/mol. The maximum Gasteiger partial charge on any atom is 0.387 e. The first kappa shape index (κ1) is 40.0. The van der Waals surface area contributed by atoms with Crippen LogP contribution in [0, 0.1) is 11.8 Å². The van der Waals surface area contributed by atoms with Crippen LogP contribution in [0.2, 0.25) is 10.0 Å². The van der Waals surface area contributed by atoms with Crippen LogP contribution in [0.4, 0.5) is 8.78 Å². The molecule has 2 aromatic carbocycles. The molecule has 2 bridgehead atoms. The highest BCUT2D eigenvalue weighted by atomic mass is 35.5. The van der Waals surface area contributed by atoms with Crippen molar-refractivity contribution in [1.29, 1.82) is 0 Å². The number of esters is 1. The third kappa shape index (κ3) is 9.32. The predicted molar refractivity (Wildman–Crippen MR) is 204 cm³/mol. The highest BCUT2D eigenvalue weighted by molar-refractivity contribution is 7.14. The van der Waals surface area contributed by atoms with Gasteiger partial charge in [-0.15, -0.1) is 11.3 Å². The number of pyridine rings is 1. The van der Waals surface area contributed by atoms with E-state index in [1.54, 1.807) is 30.3 Å². The van der Waals surface area contributed by atoms with Crippen LogP contribution in [0.25, 0.3) is 0 Å². The van der Waals surface area contributed by atoms with E-state index in [-0.39, 0.29) is 45.5 Å². The van der Waals surface area contributed by atoms with Gasteiger partial charge in [0.2, 0.25) is 12.4 Å². The van der Waals surface area contributed by atoms with Crippen LogP contribution in [-0.4, -0.2) is 73.2 Å². The van der Waals surface area contributed by atoms with Crippen molar-refractivity contribution in [3.63, 3.8) is 0 Å². The van der Waals surface area contributed by atoms with Crippen LogP contribution in [0.1, 0.15) is 74.4 Å². The van der Waals surface area contributed by atoms with Crippen molar-refractivity contribution in [2.24, 2.45) is 11.8 Å². The summed E-state index contributed by atoms with van der Waals surface area (Å²) in [5.74, 6) is -1.36. The first-order valence-electron chi connectivity index (χ1n) is 18.4. The van der Waals surface area contributed by atoms with Crippen molar-refractivity contribution in [2.45, 2.75) is 63.3 Å². The molecule has 5 heterocycles. The van der Waals surface area contributed by atoms with Gasteiger partial charge in [0.1, 0.15) is 32.8 Å². The number of nitrogens with one attached hydrogen (secondary N) is 1. The molecule has 298 valence electrons. The van der Waals surface area contributed by atoms with Crippen molar-refractivity contribution in [2.75, 3.05) is 33.4 Å². The van der Waals surface area contributed by atoms with Gasteiger partial charge in [-0.2, -0.15) is 8.78 Å². The summed E-state index contributed by atoms with van der Waals surface area (Å²) in [6.45, 7) is -0.0252. The van der Waals surface area contributed by atoms with Gasteiger partial charge in [0.15, 0.2) is 11.5 Å². The van der Waals surface area contributed by atoms with Crippen molar-refractivity contribution < 1.29 is 52.4 Å². The quantitative estimate of drug-likeness (QED) is 0.0558. The smallest absolute Gasteiger partial charge is 0.387 e. The lowest BCUT2D eigenvalue weighted by Gasteiger charge is -2.44. The number of carbonyl (C=O) groups excluding carboxylic acids is 1. The van der Waals surface area contributed by atoms with Gasteiger partial charge in [-0.1, -0.05) is 47.5 Å². The number of nitrogens with zero attached hydrogens (tertiary/aromatic N) is 2. The number of piperidine rings is 3. The fraction of sp³-hybridized carbons (Fsp3) is 0.425. The van der Waals surface area contributed by atoms with Gasteiger partial charge >= 0.3 is 18.6 Å². The van der Waals surface area contributed by atoms with Crippen LogP contribution < -0.4 is 24.3 Å². The van der Waals surface area contributed by atoms with Gasteiger partial charge in [-0.3, -0.25) is 15.4 Å². The molecule has 1 unspecified atom stereocenters. The molecule has 2 aromatic heterocycles. The van der Waals surface area contributed by atoms with Gasteiger partial charge in [0.25, 0.3) is 0 Å². The van der Waals surface area contributed by atoms with Crippen LogP contribution >= 0.6 is 34.5 Å². The molecule has 8 rings (SSSR count). The van der Waals surface area contributed by atoms with E-state index in [1.807, 2.05) is 12.1 Å². The number of aromatic nitrogens is 1. The largest absolute Gasteiger partial charge is 0.496 e. The molecule has 0 radical (unpaired) electrons. The van der Waals surface area contributed by atoms with Crippen molar-refractivity contribution >= 4 is 46.5 Å². The van der Waals surface area contributed by atoms with Crippen LogP contribution in [0.15, 0.2) is 60.9 Å². The normalized spacial score (nSPS) is 20.1. The summed E-state index contributed by atoms with van der Waals surface area (Å²) in [4.78, 5) is 29.9. The third-order valence-electron chi connectivity index (χ3n) is 10.6. The van der Waals surface area contributed by atoms with Crippen LogP contribution in [0.3, 0.4) is 0 Å². The number of ether oxygens (including phenoxy) is 4. The SMILES string of the molecule is COc1ccccc1C(NCc1cc([C@@H](Cc2c(Cl)c[n+](O)cc2Cl)c2ccc(OC(F)F)c(OCC3CC3)c2)c(C(=O)O)s1)C(=O)O[C@H]1CN2CCC1CC2. The molecule has 3 aliphatic heterocycles. The van der Waals surface area contributed by atoms with Crippen molar-refractivity contribution in [1.82, 2.24) is 10.2 Å². The molecule has 3 N–H and O–H groups in total. The number of methoxy groups -OCH3 is 1. The van der Waals surface area contributed by atoms with Gasteiger partial charge in [-0.05, 0) is 92.4 Å². The lowest BCUT2D eigenvalue weighted by molar-refractivity contribution is -0.904. The van der Waals surface area contributed by atoms with E-state index in [0.717, 1.165) is 54.8 Å². The molecule has 4 aromatic rings. The zero-order chi connectivity index (χ0) is 39.5. The summed E-state index contributed by atoms with van der Waals surface area (Å²) in [5, 5.41) is 24.2. The number of rotatable bonds is 17. The molecular formula is C40H42Cl2F2N3O8S+. The topological polar surface area (TPSA) is 131 Å². The molecule has 11 nitrogen and oxygen atoms in total. The second-order valence-corrected chi connectivity index (χ2v) is 16.3. The number of halogens is 4. The molecule has 3 atom stereocenters. The summed E-state index contributed by atoms with van der Waals surface area (Å²) in [6.07, 6.45) is 6.22. The number of thiophene rings is 1. The number of alkyl halides is 2. The van der Waals surface area contributed by atoms with Gasteiger partial charge in [0.05, 0.1) is 13.7 Å². The highest BCUT2D eigenvalue weighted by Crippen LogP contribution is 2.42.